The molecule has 0 aliphatic heterocycles. The number of rotatable bonds is 16. The topological polar surface area (TPSA) is 141 Å². The van der Waals surface area contributed by atoms with Crippen molar-refractivity contribution in [2.24, 2.45) is 17.6 Å². The van der Waals surface area contributed by atoms with Gasteiger partial charge in [-0.25, -0.2) is 0 Å². The van der Waals surface area contributed by atoms with Crippen LogP contribution in [0.1, 0.15) is 39.0 Å². The van der Waals surface area contributed by atoms with E-state index in [1.807, 2.05) is 6.92 Å². The summed E-state index contributed by atoms with van der Waals surface area (Å²) in [5.74, 6) is 0.298. The minimum Gasteiger partial charge on any atom is -0.678 e. The summed E-state index contributed by atoms with van der Waals surface area (Å²) in [4.78, 5) is 9.02. The summed E-state index contributed by atoms with van der Waals surface area (Å²) < 4.78 is 18.9. The molecular weight excluding hydrogens is 417 g/mol. The van der Waals surface area contributed by atoms with E-state index in [4.69, 9.17) is 24.7 Å². The van der Waals surface area contributed by atoms with Crippen LogP contribution in [-0.2, 0) is 23.7 Å². The zero-order valence-corrected chi connectivity index (χ0v) is 21.7. The van der Waals surface area contributed by atoms with E-state index in [9.17, 15) is 15.3 Å². The van der Waals surface area contributed by atoms with Gasteiger partial charge in [0.05, 0.1) is 45.2 Å². The molecule has 0 spiro atoms. The monoisotopic (exact) mass is 460 g/mol. The van der Waals surface area contributed by atoms with Crippen LogP contribution in [0.4, 0.5) is 0 Å². The normalized spacial score (nSPS) is 15.6. The molecule has 0 aromatic carbocycles. The van der Waals surface area contributed by atoms with Gasteiger partial charge < -0.3 is 51.7 Å². The molecule has 1 saturated carbocycles. The van der Waals surface area contributed by atoms with E-state index in [-0.39, 0.29) is 48.7 Å². The Morgan fingerprint density at radius 1 is 1.13 bits per heavy atom. The first-order valence-electron chi connectivity index (χ1n) is 10.6. The number of nitrogens with two attached hydrogens (primary N) is 1. The van der Waals surface area contributed by atoms with Crippen LogP contribution >= 0.6 is 0 Å². The molecule has 1 aliphatic rings. The maximum absolute atomic E-state index is 9.83. The summed E-state index contributed by atoms with van der Waals surface area (Å²) in [5.41, 5.74) is 5.21. The molecular formula is C21H43NNaO8-. The molecule has 182 valence electrons. The van der Waals surface area contributed by atoms with Gasteiger partial charge in [-0.05, 0) is 25.2 Å². The first-order valence-corrected chi connectivity index (χ1v) is 10.6. The van der Waals surface area contributed by atoms with Crippen LogP contribution in [0.5, 0.6) is 0 Å². The van der Waals surface area contributed by atoms with Gasteiger partial charge in [0, 0.05) is 26.2 Å². The Bertz CT molecular complexity index is 343. The maximum atomic E-state index is 9.83. The molecule has 10 heteroatoms. The zero-order valence-electron chi connectivity index (χ0n) is 19.7. The molecule has 3 unspecified atom stereocenters. The zero-order chi connectivity index (χ0) is 23.0. The molecule has 31 heavy (non-hydrogen) atoms. The number of aliphatic hydroxyl groups excluding tert-OH is 3. The summed E-state index contributed by atoms with van der Waals surface area (Å²) in [6, 6.07) is 0. The van der Waals surface area contributed by atoms with E-state index in [0.717, 1.165) is 19.3 Å². The molecule has 0 amide bonds. The van der Waals surface area contributed by atoms with Gasteiger partial charge in [-0.1, -0.05) is 32.8 Å². The van der Waals surface area contributed by atoms with Crippen molar-refractivity contribution >= 4 is 6.47 Å². The number of aliphatic hydroxyl groups is 3. The molecule has 9 nitrogen and oxygen atoms in total. The smallest absolute Gasteiger partial charge is 0.678 e. The van der Waals surface area contributed by atoms with Crippen molar-refractivity contribution < 1.29 is 68.6 Å². The average Bonchev–Trinajstić information content (AvgIpc) is 2.71. The van der Waals surface area contributed by atoms with Gasteiger partial charge in [0.15, 0.2) is 0 Å². The average molecular weight is 461 g/mol. The largest absolute Gasteiger partial charge is 1.00 e. The molecule has 0 bridgehead atoms. The fraction of sp³-hybridized carbons (Fsp3) is 0.905. The summed E-state index contributed by atoms with van der Waals surface area (Å²) in [7, 11) is 1.65. The van der Waals surface area contributed by atoms with Crippen molar-refractivity contribution in [2.75, 3.05) is 59.9 Å². The Balaban J connectivity index is -0.000000414. The summed E-state index contributed by atoms with van der Waals surface area (Å²) >= 11 is 0. The van der Waals surface area contributed by atoms with Crippen LogP contribution in [0.25, 0.3) is 0 Å². The van der Waals surface area contributed by atoms with Crippen LogP contribution in [0.3, 0.4) is 0 Å². The van der Waals surface area contributed by atoms with E-state index in [1.54, 1.807) is 7.11 Å². The summed E-state index contributed by atoms with van der Waals surface area (Å²) in [5, 5.41) is 28.6. The predicted molar refractivity (Wildman–Crippen MR) is 114 cm³/mol. The third-order valence-electron chi connectivity index (χ3n) is 4.61. The molecule has 0 aromatic heterocycles. The first-order chi connectivity index (χ1) is 14.5. The Kier molecular flexibility index (Phi) is 32.6. The Labute approximate surface area is 210 Å². The number of methoxy groups -OCH3 is 1. The Hall–Kier alpha value is 0.190. The fourth-order valence-corrected chi connectivity index (χ4v) is 2.75. The standard InChI is InChI=1S/C11H22O3.C7H17NO3.C3H4O2.Na/c1-2-4-10(13)11(14)9(7-12)8-5-3-6-8;1-9-4-5-11-7-6-10-3-2-8;1-2-5-3-4;/h8-14H,2-7H2,1H3;2-8H2,1H3;1-2H2;/q;;-2;+1. The van der Waals surface area contributed by atoms with E-state index in [0.29, 0.717) is 51.9 Å². The molecule has 0 heterocycles. The minimum absolute atomic E-state index is 0. The summed E-state index contributed by atoms with van der Waals surface area (Å²) in [6.45, 7) is 10.2. The van der Waals surface area contributed by atoms with Gasteiger partial charge in [0.25, 0.3) is 0 Å². The summed E-state index contributed by atoms with van der Waals surface area (Å²) in [6.07, 6.45) is 3.42. The van der Waals surface area contributed by atoms with Crippen LogP contribution < -0.4 is 35.3 Å². The SMILES string of the molecule is CCCC(O)C(O)C(CO)C1CCC1.COCCOCCOCCN.[CH2-]CO[C-]=O.[Na+]. The van der Waals surface area contributed by atoms with E-state index >= 15 is 0 Å². The number of ether oxygens (including phenoxy) is 4. The number of hydrogen-bond donors (Lipinski definition) is 4. The van der Waals surface area contributed by atoms with Crippen molar-refractivity contribution in [3.05, 3.63) is 6.92 Å². The van der Waals surface area contributed by atoms with Gasteiger partial charge >= 0.3 is 29.6 Å². The Morgan fingerprint density at radius 3 is 2.06 bits per heavy atom. The minimum atomic E-state index is -0.745. The van der Waals surface area contributed by atoms with Gasteiger partial charge in [-0.2, -0.15) is 0 Å². The van der Waals surface area contributed by atoms with Gasteiger partial charge in [0.2, 0.25) is 0 Å². The molecule has 1 rings (SSSR count). The van der Waals surface area contributed by atoms with Crippen LogP contribution in [0.2, 0.25) is 0 Å². The first kappa shape index (κ1) is 35.8. The van der Waals surface area contributed by atoms with Crippen molar-refractivity contribution in [1.29, 1.82) is 0 Å². The van der Waals surface area contributed by atoms with E-state index in [2.05, 4.69) is 11.7 Å². The van der Waals surface area contributed by atoms with Gasteiger partial charge in [-0.3, -0.25) is 0 Å². The van der Waals surface area contributed by atoms with Crippen molar-refractivity contribution in [3.8, 4) is 0 Å². The maximum Gasteiger partial charge on any atom is 1.00 e. The van der Waals surface area contributed by atoms with Crippen LogP contribution in [0, 0.1) is 18.8 Å². The predicted octanol–water partition coefficient (Wildman–Crippen LogP) is -2.55. The number of carbonyl (C=O) groups excluding carboxylic acids is 1. The second-order valence-corrected chi connectivity index (χ2v) is 6.82. The third kappa shape index (κ3) is 21.8. The molecule has 1 fully saturated rings. The van der Waals surface area contributed by atoms with E-state index < -0.39 is 12.2 Å². The van der Waals surface area contributed by atoms with Crippen molar-refractivity contribution in [3.63, 3.8) is 0 Å². The Morgan fingerprint density at radius 2 is 1.71 bits per heavy atom. The van der Waals surface area contributed by atoms with Crippen LogP contribution in [-0.4, -0.2) is 93.9 Å². The second kappa shape index (κ2) is 28.2. The second-order valence-electron chi connectivity index (χ2n) is 6.82. The number of hydrogen-bond acceptors (Lipinski definition) is 9. The van der Waals surface area contributed by atoms with Crippen molar-refractivity contribution in [1.82, 2.24) is 0 Å². The fourth-order valence-electron chi connectivity index (χ4n) is 2.75. The third-order valence-corrected chi connectivity index (χ3v) is 4.61. The molecule has 0 radical (unpaired) electrons. The quantitative estimate of drug-likeness (QED) is 0.111. The van der Waals surface area contributed by atoms with Crippen LogP contribution in [0.15, 0.2) is 0 Å². The van der Waals surface area contributed by atoms with Gasteiger partial charge in [0.1, 0.15) is 0 Å². The molecule has 1 aliphatic carbocycles. The van der Waals surface area contributed by atoms with Crippen molar-refractivity contribution in [2.45, 2.75) is 51.2 Å². The van der Waals surface area contributed by atoms with E-state index in [1.165, 1.54) is 12.9 Å². The molecule has 3 atom stereocenters. The molecule has 0 saturated heterocycles. The molecule has 5 N–H and O–H groups in total. The molecule has 0 aromatic rings. The van der Waals surface area contributed by atoms with Gasteiger partial charge in [-0.15, -0.1) is 0 Å².